The first-order valence-corrected chi connectivity index (χ1v) is 5.94. The zero-order valence-corrected chi connectivity index (χ0v) is 9.90. The van der Waals surface area contributed by atoms with Crippen LogP contribution in [0, 0.1) is 5.92 Å². The maximum absolute atomic E-state index is 11.2. The van der Waals surface area contributed by atoms with Crippen LogP contribution in [0.25, 0.3) is 0 Å². The molecule has 15 heavy (non-hydrogen) atoms. The Morgan fingerprint density at radius 3 is 2.80 bits per heavy atom. The van der Waals surface area contributed by atoms with Gasteiger partial charge in [-0.1, -0.05) is 40.9 Å². The summed E-state index contributed by atoms with van der Waals surface area (Å²) in [5.74, 6) is -0.417. The van der Waals surface area contributed by atoms with Gasteiger partial charge in [-0.25, -0.2) is 0 Å². The van der Waals surface area contributed by atoms with Gasteiger partial charge in [0.15, 0.2) is 0 Å². The molecule has 1 aliphatic rings. The molecule has 1 atom stereocenters. The van der Waals surface area contributed by atoms with Crippen molar-refractivity contribution in [1.29, 1.82) is 0 Å². The molecule has 80 valence electrons. The third kappa shape index (κ3) is 2.81. The van der Waals surface area contributed by atoms with Gasteiger partial charge in [0.05, 0.1) is 5.92 Å². The molecule has 1 aliphatic carbocycles. The maximum Gasteiger partial charge on any atom is 0.310 e. The van der Waals surface area contributed by atoms with Crippen LogP contribution >= 0.6 is 15.9 Å². The second-order valence-corrected chi connectivity index (χ2v) is 5.04. The molecule has 0 amide bonds. The van der Waals surface area contributed by atoms with E-state index in [4.69, 9.17) is 0 Å². The minimum absolute atomic E-state index is 0.338. The summed E-state index contributed by atoms with van der Waals surface area (Å²) in [5.41, 5.74) is 0.906. The van der Waals surface area contributed by atoms with E-state index in [1.807, 2.05) is 24.3 Å². The molecule has 0 heterocycles. The Bertz CT molecular complexity index is 372. The van der Waals surface area contributed by atoms with Crippen LogP contribution in [0.15, 0.2) is 28.7 Å². The van der Waals surface area contributed by atoms with Gasteiger partial charge in [0.25, 0.3) is 0 Å². The highest BCUT2D eigenvalue weighted by molar-refractivity contribution is 9.10. The minimum atomic E-state index is -0.708. The first-order valence-electron chi connectivity index (χ1n) is 5.15. The Kier molecular flexibility index (Phi) is 3.10. The third-order valence-corrected chi connectivity index (χ3v) is 3.31. The summed E-state index contributed by atoms with van der Waals surface area (Å²) in [6.45, 7) is 0. The molecule has 2 rings (SSSR count). The van der Waals surface area contributed by atoms with Gasteiger partial charge in [-0.05, 0) is 30.0 Å². The van der Waals surface area contributed by atoms with Gasteiger partial charge >= 0.3 is 5.97 Å². The molecule has 1 fully saturated rings. The van der Waals surface area contributed by atoms with Gasteiger partial charge in [-0.3, -0.25) is 4.79 Å². The number of carbonyl (C=O) groups is 1. The molecule has 3 heteroatoms. The van der Waals surface area contributed by atoms with Gasteiger partial charge in [0, 0.05) is 4.47 Å². The molecule has 0 aromatic heterocycles. The fourth-order valence-electron chi connectivity index (χ4n) is 1.79. The van der Waals surface area contributed by atoms with Crippen molar-refractivity contribution in [3.05, 3.63) is 34.3 Å². The van der Waals surface area contributed by atoms with E-state index in [0.29, 0.717) is 5.92 Å². The predicted molar refractivity (Wildman–Crippen MR) is 61.9 cm³/mol. The molecule has 0 spiro atoms. The quantitative estimate of drug-likeness (QED) is 0.909. The van der Waals surface area contributed by atoms with Crippen molar-refractivity contribution < 1.29 is 9.90 Å². The van der Waals surface area contributed by atoms with E-state index in [0.717, 1.165) is 16.5 Å². The summed E-state index contributed by atoms with van der Waals surface area (Å²) in [5, 5.41) is 9.18. The summed E-state index contributed by atoms with van der Waals surface area (Å²) in [4.78, 5) is 11.2. The van der Waals surface area contributed by atoms with E-state index < -0.39 is 5.97 Å². The zero-order valence-electron chi connectivity index (χ0n) is 8.32. The van der Waals surface area contributed by atoms with E-state index in [2.05, 4.69) is 15.9 Å². The predicted octanol–water partition coefficient (Wildman–Crippen LogP) is 3.42. The van der Waals surface area contributed by atoms with Crippen molar-refractivity contribution in [3.8, 4) is 0 Å². The SMILES string of the molecule is O=C(O)C(CC1CC1)c1cccc(Br)c1. The van der Waals surface area contributed by atoms with Crippen molar-refractivity contribution in [2.45, 2.75) is 25.2 Å². The van der Waals surface area contributed by atoms with Crippen LogP contribution in [0.5, 0.6) is 0 Å². The zero-order chi connectivity index (χ0) is 10.8. The molecule has 1 saturated carbocycles. The van der Waals surface area contributed by atoms with E-state index in [9.17, 15) is 9.90 Å². The monoisotopic (exact) mass is 268 g/mol. The average molecular weight is 269 g/mol. The van der Waals surface area contributed by atoms with Crippen LogP contribution in [0.4, 0.5) is 0 Å². The Morgan fingerprint density at radius 1 is 1.53 bits per heavy atom. The number of carboxylic acids is 1. The number of hydrogen-bond donors (Lipinski definition) is 1. The Morgan fingerprint density at radius 2 is 2.27 bits per heavy atom. The number of benzene rings is 1. The summed E-state index contributed by atoms with van der Waals surface area (Å²) in [6.07, 6.45) is 3.17. The van der Waals surface area contributed by atoms with Crippen molar-refractivity contribution in [3.63, 3.8) is 0 Å². The highest BCUT2D eigenvalue weighted by Crippen LogP contribution is 2.39. The highest BCUT2D eigenvalue weighted by Gasteiger charge is 2.30. The average Bonchev–Trinajstić information content (AvgIpc) is 2.97. The van der Waals surface area contributed by atoms with Gasteiger partial charge in [0.1, 0.15) is 0 Å². The van der Waals surface area contributed by atoms with Crippen LogP contribution in [0.3, 0.4) is 0 Å². The number of carboxylic acid groups (broad SMARTS) is 1. The molecule has 1 aromatic rings. The molecule has 0 bridgehead atoms. The molecular weight excluding hydrogens is 256 g/mol. The van der Waals surface area contributed by atoms with Crippen molar-refractivity contribution in [1.82, 2.24) is 0 Å². The Labute approximate surface area is 97.4 Å². The van der Waals surface area contributed by atoms with Crippen molar-refractivity contribution in [2.24, 2.45) is 5.92 Å². The molecule has 1 N–H and O–H groups in total. The first-order chi connectivity index (χ1) is 7.16. The summed E-state index contributed by atoms with van der Waals surface area (Å²) in [7, 11) is 0. The Balaban J connectivity index is 2.18. The second-order valence-electron chi connectivity index (χ2n) is 4.12. The van der Waals surface area contributed by atoms with Gasteiger partial charge in [-0.15, -0.1) is 0 Å². The van der Waals surface area contributed by atoms with Gasteiger partial charge < -0.3 is 5.11 Å². The largest absolute Gasteiger partial charge is 0.481 e. The number of halogens is 1. The number of hydrogen-bond acceptors (Lipinski definition) is 1. The topological polar surface area (TPSA) is 37.3 Å². The normalized spacial score (nSPS) is 17.4. The minimum Gasteiger partial charge on any atom is -0.481 e. The molecule has 2 nitrogen and oxygen atoms in total. The van der Waals surface area contributed by atoms with Crippen LogP contribution in [-0.2, 0) is 4.79 Å². The number of aliphatic carboxylic acids is 1. The van der Waals surface area contributed by atoms with Crippen LogP contribution < -0.4 is 0 Å². The fraction of sp³-hybridized carbons (Fsp3) is 0.417. The lowest BCUT2D eigenvalue weighted by Crippen LogP contribution is -2.12. The van der Waals surface area contributed by atoms with E-state index in [-0.39, 0.29) is 5.92 Å². The van der Waals surface area contributed by atoms with E-state index in [1.54, 1.807) is 0 Å². The molecule has 1 aromatic carbocycles. The summed E-state index contributed by atoms with van der Waals surface area (Å²) in [6, 6.07) is 7.61. The molecule has 1 unspecified atom stereocenters. The van der Waals surface area contributed by atoms with Crippen LogP contribution in [0.2, 0.25) is 0 Å². The summed E-state index contributed by atoms with van der Waals surface area (Å²) >= 11 is 3.37. The standard InChI is InChI=1S/C12H13BrO2/c13-10-3-1-2-9(7-10)11(12(14)15)6-8-4-5-8/h1-3,7-8,11H,4-6H2,(H,14,15). The number of rotatable bonds is 4. The lowest BCUT2D eigenvalue weighted by Gasteiger charge is -2.12. The Hall–Kier alpha value is -0.830. The van der Waals surface area contributed by atoms with Crippen LogP contribution in [0.1, 0.15) is 30.7 Å². The second kappa shape index (κ2) is 4.35. The van der Waals surface area contributed by atoms with Gasteiger partial charge in [-0.2, -0.15) is 0 Å². The maximum atomic E-state index is 11.2. The van der Waals surface area contributed by atoms with E-state index in [1.165, 1.54) is 12.8 Å². The van der Waals surface area contributed by atoms with Crippen molar-refractivity contribution >= 4 is 21.9 Å². The molecule has 0 radical (unpaired) electrons. The van der Waals surface area contributed by atoms with Crippen LogP contribution in [-0.4, -0.2) is 11.1 Å². The lowest BCUT2D eigenvalue weighted by atomic mass is 9.94. The third-order valence-electron chi connectivity index (χ3n) is 2.82. The van der Waals surface area contributed by atoms with E-state index >= 15 is 0 Å². The fourth-order valence-corrected chi connectivity index (χ4v) is 2.21. The molecular formula is C12H13BrO2. The van der Waals surface area contributed by atoms with Crippen molar-refractivity contribution in [2.75, 3.05) is 0 Å². The lowest BCUT2D eigenvalue weighted by molar-refractivity contribution is -0.139. The molecule has 0 saturated heterocycles. The summed E-state index contributed by atoms with van der Waals surface area (Å²) < 4.78 is 0.946. The molecule has 0 aliphatic heterocycles. The smallest absolute Gasteiger partial charge is 0.310 e. The highest BCUT2D eigenvalue weighted by atomic mass is 79.9. The first kappa shape index (κ1) is 10.7. The van der Waals surface area contributed by atoms with Gasteiger partial charge in [0.2, 0.25) is 0 Å².